The van der Waals surface area contributed by atoms with Gasteiger partial charge in [-0.25, -0.2) is 0 Å². The van der Waals surface area contributed by atoms with Crippen LogP contribution in [0.5, 0.6) is 0 Å². The van der Waals surface area contributed by atoms with E-state index in [9.17, 15) is 0 Å². The summed E-state index contributed by atoms with van der Waals surface area (Å²) in [5.41, 5.74) is 4.11. The summed E-state index contributed by atoms with van der Waals surface area (Å²) in [6.45, 7) is 8.09. The first-order chi connectivity index (χ1) is 12.3. The first-order valence-electron chi connectivity index (χ1n) is 9.79. The van der Waals surface area contributed by atoms with Gasteiger partial charge in [-0.05, 0) is 62.5 Å². The molecule has 3 nitrogen and oxygen atoms in total. The average Bonchev–Trinajstić information content (AvgIpc) is 3.00. The molecule has 146 valence electrons. The van der Waals surface area contributed by atoms with Crippen LogP contribution in [-0.2, 0) is 13.1 Å². The van der Waals surface area contributed by atoms with Crippen LogP contribution in [0.25, 0.3) is 21.8 Å². The van der Waals surface area contributed by atoms with E-state index < -0.39 is 0 Å². The lowest BCUT2D eigenvalue weighted by Crippen LogP contribution is -2.55. The molecule has 2 bridgehead atoms. The summed E-state index contributed by atoms with van der Waals surface area (Å²) in [7, 11) is 0. The van der Waals surface area contributed by atoms with E-state index in [1.807, 2.05) is 0 Å². The normalized spacial score (nSPS) is 24.0. The van der Waals surface area contributed by atoms with Crippen molar-refractivity contribution < 1.29 is 0 Å². The number of rotatable bonds is 4. The first-order valence-corrected chi connectivity index (χ1v) is 9.79. The highest BCUT2D eigenvalue weighted by Crippen LogP contribution is 2.30. The van der Waals surface area contributed by atoms with Gasteiger partial charge >= 0.3 is 0 Å². The van der Waals surface area contributed by atoms with Gasteiger partial charge in [0.2, 0.25) is 0 Å². The van der Waals surface area contributed by atoms with Crippen molar-refractivity contribution in [2.24, 2.45) is 5.92 Å². The Bertz CT molecular complexity index is 912. The molecule has 1 atom stereocenters. The highest BCUT2D eigenvalue weighted by molar-refractivity contribution is 6.08. The molecule has 3 aliphatic heterocycles. The number of benzene rings is 2. The van der Waals surface area contributed by atoms with E-state index in [1.54, 1.807) is 0 Å². The van der Waals surface area contributed by atoms with Gasteiger partial charge in [-0.3, -0.25) is 0 Å². The topological polar surface area (TPSA) is 20.2 Å². The van der Waals surface area contributed by atoms with E-state index in [4.69, 9.17) is 0 Å². The van der Waals surface area contributed by atoms with Crippen LogP contribution >= 0.6 is 24.8 Å². The van der Waals surface area contributed by atoms with Crippen LogP contribution in [0.1, 0.15) is 25.3 Å². The van der Waals surface area contributed by atoms with Crippen LogP contribution in [0.3, 0.4) is 0 Å². The van der Waals surface area contributed by atoms with E-state index in [1.165, 1.54) is 59.8 Å². The molecular weight excluding hydrogens is 377 g/mol. The van der Waals surface area contributed by atoms with E-state index in [0.717, 1.165) is 19.0 Å². The van der Waals surface area contributed by atoms with Crippen molar-refractivity contribution >= 4 is 46.6 Å². The zero-order chi connectivity index (χ0) is 16.8. The molecule has 2 aromatic carbocycles. The SMILES string of the molecule is CCn1c2ccccc2c2cc(CNC3CN4CCC3CC4)ccc21.Cl.Cl. The number of aromatic nitrogens is 1. The molecule has 1 aromatic heterocycles. The number of halogens is 2. The molecule has 0 amide bonds. The smallest absolute Gasteiger partial charge is 0.0491 e. The number of piperidine rings is 3. The number of fused-ring (bicyclic) bond motifs is 6. The molecule has 0 saturated carbocycles. The summed E-state index contributed by atoms with van der Waals surface area (Å²) >= 11 is 0. The number of nitrogens with zero attached hydrogens (tertiary/aromatic N) is 2. The first kappa shape index (κ1) is 20.5. The predicted molar refractivity (Wildman–Crippen MR) is 119 cm³/mol. The van der Waals surface area contributed by atoms with Crippen molar-refractivity contribution in [3.63, 3.8) is 0 Å². The highest BCUT2D eigenvalue weighted by Gasteiger charge is 2.33. The lowest BCUT2D eigenvalue weighted by molar-refractivity contribution is 0.0720. The average molecular weight is 406 g/mol. The third-order valence-electron chi connectivity index (χ3n) is 6.38. The van der Waals surface area contributed by atoms with Gasteiger partial charge in [-0.2, -0.15) is 0 Å². The maximum Gasteiger partial charge on any atom is 0.0491 e. The van der Waals surface area contributed by atoms with E-state index in [2.05, 4.69) is 64.2 Å². The third-order valence-corrected chi connectivity index (χ3v) is 6.38. The Balaban J connectivity index is 0.00000105. The molecule has 0 spiro atoms. The van der Waals surface area contributed by atoms with E-state index in [-0.39, 0.29) is 24.8 Å². The van der Waals surface area contributed by atoms with Crippen molar-refractivity contribution in [2.75, 3.05) is 19.6 Å². The van der Waals surface area contributed by atoms with Gasteiger partial charge in [0, 0.05) is 47.5 Å². The summed E-state index contributed by atoms with van der Waals surface area (Å²) < 4.78 is 2.43. The molecule has 3 aliphatic rings. The molecule has 3 fully saturated rings. The quantitative estimate of drug-likeness (QED) is 0.669. The van der Waals surface area contributed by atoms with Gasteiger partial charge < -0.3 is 14.8 Å². The van der Waals surface area contributed by atoms with Gasteiger partial charge in [0.1, 0.15) is 0 Å². The van der Waals surface area contributed by atoms with E-state index in [0.29, 0.717) is 6.04 Å². The second-order valence-electron chi connectivity index (χ2n) is 7.74. The minimum absolute atomic E-state index is 0. The van der Waals surface area contributed by atoms with Crippen LogP contribution < -0.4 is 5.32 Å². The van der Waals surface area contributed by atoms with Crippen molar-refractivity contribution in [3.8, 4) is 0 Å². The predicted octanol–water partition coefficient (Wildman–Crippen LogP) is 4.84. The molecule has 0 aliphatic carbocycles. The molecule has 4 heterocycles. The Morgan fingerprint density at radius 3 is 2.41 bits per heavy atom. The van der Waals surface area contributed by atoms with Crippen molar-refractivity contribution in [1.29, 1.82) is 0 Å². The van der Waals surface area contributed by atoms with Crippen LogP contribution in [-0.4, -0.2) is 35.1 Å². The van der Waals surface area contributed by atoms with Gasteiger partial charge in [-0.15, -0.1) is 24.8 Å². The zero-order valence-corrected chi connectivity index (χ0v) is 17.5. The molecule has 6 rings (SSSR count). The van der Waals surface area contributed by atoms with Crippen molar-refractivity contribution in [1.82, 2.24) is 14.8 Å². The number of hydrogen-bond donors (Lipinski definition) is 1. The lowest BCUT2D eigenvalue weighted by atomic mass is 9.84. The Morgan fingerprint density at radius 1 is 0.963 bits per heavy atom. The number of para-hydroxylation sites is 1. The molecule has 3 saturated heterocycles. The minimum Gasteiger partial charge on any atom is -0.341 e. The van der Waals surface area contributed by atoms with Gasteiger partial charge in [0.05, 0.1) is 0 Å². The second-order valence-corrected chi connectivity index (χ2v) is 7.74. The van der Waals surface area contributed by atoms with Crippen LogP contribution in [0.4, 0.5) is 0 Å². The van der Waals surface area contributed by atoms with Crippen LogP contribution in [0.2, 0.25) is 0 Å². The molecule has 3 aromatic rings. The highest BCUT2D eigenvalue weighted by atomic mass is 35.5. The minimum atomic E-state index is 0. The monoisotopic (exact) mass is 405 g/mol. The third kappa shape index (κ3) is 3.58. The number of nitrogens with one attached hydrogen (secondary N) is 1. The van der Waals surface area contributed by atoms with Gasteiger partial charge in [0.15, 0.2) is 0 Å². The Kier molecular flexibility index (Phi) is 6.37. The largest absolute Gasteiger partial charge is 0.341 e. The van der Waals surface area contributed by atoms with Crippen LogP contribution in [0.15, 0.2) is 42.5 Å². The Morgan fingerprint density at radius 2 is 1.70 bits per heavy atom. The molecular formula is C22H29Cl2N3. The number of hydrogen-bond acceptors (Lipinski definition) is 2. The second kappa shape index (κ2) is 8.40. The Labute approximate surface area is 173 Å². The molecule has 0 radical (unpaired) electrons. The van der Waals surface area contributed by atoms with E-state index >= 15 is 0 Å². The molecule has 5 heteroatoms. The fraction of sp³-hybridized carbons (Fsp3) is 0.455. The summed E-state index contributed by atoms with van der Waals surface area (Å²) in [6, 6.07) is 16.5. The van der Waals surface area contributed by atoms with Crippen molar-refractivity contribution in [2.45, 2.75) is 38.9 Å². The van der Waals surface area contributed by atoms with Gasteiger partial charge in [0.25, 0.3) is 0 Å². The fourth-order valence-electron chi connectivity index (χ4n) is 5.00. The molecule has 1 unspecified atom stereocenters. The summed E-state index contributed by atoms with van der Waals surface area (Å²) in [5, 5.41) is 6.63. The number of aryl methyl sites for hydroxylation is 1. The maximum absolute atomic E-state index is 3.85. The lowest BCUT2D eigenvalue weighted by Gasteiger charge is -2.45. The standard InChI is InChI=1S/C22H27N3.2ClH/c1-2-25-21-6-4-3-5-18(21)19-13-16(7-8-22(19)25)14-23-20-15-24-11-9-17(20)10-12-24;;/h3-8,13,17,20,23H,2,9-12,14-15H2,1H3;2*1H. The fourth-order valence-corrected chi connectivity index (χ4v) is 5.00. The molecule has 1 N–H and O–H groups in total. The summed E-state index contributed by atoms with van der Waals surface area (Å²) in [4.78, 5) is 2.62. The van der Waals surface area contributed by atoms with Gasteiger partial charge in [-0.1, -0.05) is 24.3 Å². The summed E-state index contributed by atoms with van der Waals surface area (Å²) in [6.07, 6.45) is 2.75. The Hall–Kier alpha value is -1.26. The molecule has 27 heavy (non-hydrogen) atoms. The zero-order valence-electron chi connectivity index (χ0n) is 15.9. The summed E-state index contributed by atoms with van der Waals surface area (Å²) in [5.74, 6) is 0.885. The maximum atomic E-state index is 3.85. The van der Waals surface area contributed by atoms with Crippen LogP contribution in [0, 0.1) is 5.92 Å². The van der Waals surface area contributed by atoms with Crippen molar-refractivity contribution in [3.05, 3.63) is 48.0 Å².